The monoisotopic (exact) mass is 402 g/mol. The van der Waals surface area contributed by atoms with Crippen molar-refractivity contribution in [2.24, 2.45) is 5.92 Å². The minimum atomic E-state index is -0.442. The van der Waals surface area contributed by atoms with Crippen LogP contribution in [0.15, 0.2) is 41.8 Å². The first-order valence-corrected chi connectivity index (χ1v) is 10.0. The smallest absolute Gasteiger partial charge is 0.292 e. The van der Waals surface area contributed by atoms with Gasteiger partial charge in [-0.2, -0.15) is 0 Å². The van der Waals surface area contributed by atoms with Gasteiger partial charge in [-0.3, -0.25) is 19.7 Å². The molecule has 2 heterocycles. The molecule has 0 spiro atoms. The number of nitro benzene ring substituents is 1. The maximum atomic E-state index is 12.5. The van der Waals surface area contributed by atoms with Crippen LogP contribution in [0, 0.1) is 16.0 Å². The van der Waals surface area contributed by atoms with Crippen molar-refractivity contribution in [3.8, 4) is 0 Å². The van der Waals surface area contributed by atoms with Crippen molar-refractivity contribution >= 4 is 34.5 Å². The van der Waals surface area contributed by atoms with Gasteiger partial charge in [0.05, 0.1) is 15.7 Å². The molecule has 0 aliphatic carbocycles. The molecule has 8 nitrogen and oxygen atoms in total. The zero-order valence-corrected chi connectivity index (χ0v) is 16.1. The molecule has 28 heavy (non-hydrogen) atoms. The largest absolute Gasteiger partial charge is 0.378 e. The molecule has 1 saturated heterocycles. The fraction of sp³-hybridized carbons (Fsp3) is 0.368. The van der Waals surface area contributed by atoms with Crippen LogP contribution < -0.4 is 10.6 Å². The Kier molecular flexibility index (Phi) is 6.59. The van der Waals surface area contributed by atoms with Gasteiger partial charge in [-0.25, -0.2) is 0 Å². The number of thiophene rings is 1. The Labute approximate surface area is 166 Å². The molecule has 1 aliphatic heterocycles. The average Bonchev–Trinajstić information content (AvgIpc) is 3.25. The van der Waals surface area contributed by atoms with E-state index in [0.717, 1.165) is 12.8 Å². The molecule has 0 bridgehead atoms. The lowest BCUT2D eigenvalue weighted by Crippen LogP contribution is -2.46. The van der Waals surface area contributed by atoms with Gasteiger partial charge in [0.2, 0.25) is 5.91 Å². The lowest BCUT2D eigenvalue weighted by atomic mass is 9.97. The lowest BCUT2D eigenvalue weighted by molar-refractivity contribution is -0.384. The Bertz CT molecular complexity index is 840. The summed E-state index contributed by atoms with van der Waals surface area (Å²) in [5, 5.41) is 18.7. The van der Waals surface area contributed by atoms with Crippen LogP contribution >= 0.6 is 11.3 Å². The predicted molar refractivity (Wildman–Crippen MR) is 108 cm³/mol. The highest BCUT2D eigenvalue weighted by Crippen LogP contribution is 2.23. The number of nitrogens with one attached hydrogen (secondary N) is 2. The number of benzene rings is 1. The molecule has 2 amide bonds. The molecule has 1 fully saturated rings. The Hall–Kier alpha value is -2.94. The van der Waals surface area contributed by atoms with Gasteiger partial charge in [-0.1, -0.05) is 18.2 Å². The number of hydrogen-bond acceptors (Lipinski definition) is 6. The van der Waals surface area contributed by atoms with Crippen molar-refractivity contribution in [3.05, 3.63) is 56.8 Å². The molecule has 2 N–H and O–H groups in total. The second kappa shape index (κ2) is 9.32. The van der Waals surface area contributed by atoms with Gasteiger partial charge < -0.3 is 15.5 Å². The molecule has 1 aromatic heterocycles. The number of nitrogens with zero attached hydrogens (tertiary/aromatic N) is 2. The number of anilines is 1. The third kappa shape index (κ3) is 4.86. The summed E-state index contributed by atoms with van der Waals surface area (Å²) in [7, 11) is 0. The fourth-order valence-corrected chi connectivity index (χ4v) is 3.93. The predicted octanol–water partition coefficient (Wildman–Crippen LogP) is 2.74. The third-order valence-electron chi connectivity index (χ3n) is 4.65. The molecule has 0 radical (unpaired) electrons. The third-order valence-corrected chi connectivity index (χ3v) is 5.51. The van der Waals surface area contributed by atoms with E-state index in [-0.39, 0.29) is 23.4 Å². The quantitative estimate of drug-likeness (QED) is 0.421. The molecule has 148 valence electrons. The molecule has 0 saturated carbocycles. The summed E-state index contributed by atoms with van der Waals surface area (Å²) in [6.45, 7) is 1.81. The first kappa shape index (κ1) is 19.8. The summed E-state index contributed by atoms with van der Waals surface area (Å²) in [4.78, 5) is 37.9. The molecule has 1 aliphatic rings. The average molecular weight is 402 g/mol. The summed E-state index contributed by atoms with van der Waals surface area (Å²) in [6, 6.07) is 10.0. The first-order chi connectivity index (χ1) is 13.6. The number of amides is 2. The second-order valence-corrected chi connectivity index (χ2v) is 7.51. The molecular weight excluding hydrogens is 380 g/mol. The maximum absolute atomic E-state index is 12.5. The van der Waals surface area contributed by atoms with E-state index in [1.807, 2.05) is 11.4 Å². The van der Waals surface area contributed by atoms with Crippen LogP contribution in [0.5, 0.6) is 0 Å². The van der Waals surface area contributed by atoms with Crippen molar-refractivity contribution in [2.45, 2.75) is 12.8 Å². The van der Waals surface area contributed by atoms with E-state index in [0.29, 0.717) is 36.7 Å². The highest BCUT2D eigenvalue weighted by molar-refractivity contribution is 7.12. The number of carbonyl (C=O) groups is 2. The Balaban J connectivity index is 1.46. The van der Waals surface area contributed by atoms with E-state index in [1.54, 1.807) is 29.2 Å². The second-order valence-electron chi connectivity index (χ2n) is 6.56. The minimum absolute atomic E-state index is 0.00355. The van der Waals surface area contributed by atoms with E-state index < -0.39 is 4.92 Å². The SMILES string of the molecule is O=C(NCCNc1ccccc1[N+](=O)[O-])C1CCCN(C(=O)c2cccs2)C1. The minimum Gasteiger partial charge on any atom is -0.378 e. The van der Waals surface area contributed by atoms with E-state index in [4.69, 9.17) is 0 Å². The summed E-state index contributed by atoms with van der Waals surface area (Å²) in [6.07, 6.45) is 1.54. The van der Waals surface area contributed by atoms with Crippen LogP contribution in [-0.2, 0) is 4.79 Å². The van der Waals surface area contributed by atoms with E-state index in [1.165, 1.54) is 17.4 Å². The van der Waals surface area contributed by atoms with Crippen molar-refractivity contribution in [1.29, 1.82) is 0 Å². The topological polar surface area (TPSA) is 105 Å². The summed E-state index contributed by atoms with van der Waals surface area (Å²) in [5.74, 6) is -0.345. The summed E-state index contributed by atoms with van der Waals surface area (Å²) in [5.41, 5.74) is 0.427. The van der Waals surface area contributed by atoms with Crippen LogP contribution in [-0.4, -0.2) is 47.8 Å². The number of piperidine rings is 1. The number of carbonyl (C=O) groups excluding carboxylic acids is 2. The van der Waals surface area contributed by atoms with Gasteiger partial charge >= 0.3 is 0 Å². The summed E-state index contributed by atoms with van der Waals surface area (Å²) < 4.78 is 0. The van der Waals surface area contributed by atoms with Crippen LogP contribution in [0.1, 0.15) is 22.5 Å². The van der Waals surface area contributed by atoms with Crippen LogP contribution in [0.25, 0.3) is 0 Å². The molecule has 9 heteroatoms. The number of hydrogen-bond donors (Lipinski definition) is 2. The lowest BCUT2D eigenvalue weighted by Gasteiger charge is -2.31. The van der Waals surface area contributed by atoms with Crippen LogP contribution in [0.4, 0.5) is 11.4 Å². The van der Waals surface area contributed by atoms with E-state index >= 15 is 0 Å². The molecule has 2 aromatic rings. The Morgan fingerprint density at radius 3 is 2.79 bits per heavy atom. The number of para-hydroxylation sites is 2. The highest BCUT2D eigenvalue weighted by Gasteiger charge is 2.29. The zero-order chi connectivity index (χ0) is 19.9. The molecule has 1 unspecified atom stereocenters. The van der Waals surface area contributed by atoms with Gasteiger partial charge in [0.1, 0.15) is 5.69 Å². The number of rotatable bonds is 7. The van der Waals surface area contributed by atoms with Gasteiger partial charge in [0.15, 0.2) is 0 Å². The van der Waals surface area contributed by atoms with E-state index in [2.05, 4.69) is 10.6 Å². The van der Waals surface area contributed by atoms with Crippen molar-refractivity contribution in [1.82, 2.24) is 10.2 Å². The van der Waals surface area contributed by atoms with Crippen molar-refractivity contribution in [2.75, 3.05) is 31.5 Å². The summed E-state index contributed by atoms with van der Waals surface area (Å²) >= 11 is 1.40. The van der Waals surface area contributed by atoms with Crippen LogP contribution in [0.3, 0.4) is 0 Å². The fourth-order valence-electron chi connectivity index (χ4n) is 3.24. The molecule has 3 rings (SSSR count). The van der Waals surface area contributed by atoms with Crippen LogP contribution in [0.2, 0.25) is 0 Å². The normalized spacial score (nSPS) is 16.4. The first-order valence-electron chi connectivity index (χ1n) is 9.14. The van der Waals surface area contributed by atoms with Crippen molar-refractivity contribution < 1.29 is 14.5 Å². The van der Waals surface area contributed by atoms with Gasteiger partial charge in [0.25, 0.3) is 11.6 Å². The Morgan fingerprint density at radius 2 is 2.04 bits per heavy atom. The number of nitro groups is 1. The standard InChI is InChI=1S/C19H22N4O4S/c24-18(21-10-9-20-15-6-1-2-7-16(15)23(26)27)14-5-3-11-22(13-14)19(25)17-8-4-12-28-17/h1-2,4,6-8,12,14,20H,3,5,9-11,13H2,(H,21,24). The number of likely N-dealkylation sites (tertiary alicyclic amines) is 1. The maximum Gasteiger partial charge on any atom is 0.292 e. The molecule has 1 atom stereocenters. The van der Waals surface area contributed by atoms with E-state index in [9.17, 15) is 19.7 Å². The van der Waals surface area contributed by atoms with Crippen molar-refractivity contribution in [3.63, 3.8) is 0 Å². The van der Waals surface area contributed by atoms with Gasteiger partial charge in [-0.15, -0.1) is 11.3 Å². The molecule has 1 aromatic carbocycles. The zero-order valence-electron chi connectivity index (χ0n) is 15.3. The van der Waals surface area contributed by atoms with Gasteiger partial charge in [-0.05, 0) is 30.4 Å². The highest BCUT2D eigenvalue weighted by atomic mass is 32.1. The van der Waals surface area contributed by atoms with Gasteiger partial charge in [0, 0.05) is 32.2 Å². The molecular formula is C19H22N4O4S. The Morgan fingerprint density at radius 1 is 1.21 bits per heavy atom.